The van der Waals surface area contributed by atoms with E-state index in [1.165, 1.54) is 16.5 Å². The van der Waals surface area contributed by atoms with E-state index in [9.17, 15) is 0 Å². The number of benzene rings is 1. The topological polar surface area (TPSA) is 27.8 Å². The smallest absolute Gasteiger partial charge is 0.0456 e. The summed E-state index contributed by atoms with van der Waals surface area (Å²) in [4.78, 5) is 3.24. The highest BCUT2D eigenvalue weighted by Crippen LogP contribution is 2.14. The third-order valence-corrected chi connectivity index (χ3v) is 2.59. The molecule has 0 fully saturated rings. The highest BCUT2D eigenvalue weighted by Gasteiger charge is 1.98. The van der Waals surface area contributed by atoms with E-state index >= 15 is 0 Å². The highest BCUT2D eigenvalue weighted by atomic mass is 14.9. The van der Waals surface area contributed by atoms with Crippen molar-refractivity contribution in [1.82, 2.24) is 10.3 Å². The second-order valence-electron chi connectivity index (χ2n) is 4.26. The maximum Gasteiger partial charge on any atom is 0.0456 e. The van der Waals surface area contributed by atoms with E-state index < -0.39 is 0 Å². The standard InChI is InChI=1S/C13H18N2/c1-10(2)14-7-5-11-3-4-12-6-8-15-13(12)9-11/h3-4,6,8-10,14-15H,5,7H2,1-2H3. The Balaban J connectivity index is 2.02. The van der Waals surface area contributed by atoms with Gasteiger partial charge in [-0.1, -0.05) is 26.0 Å². The fraction of sp³-hybridized carbons (Fsp3) is 0.385. The average Bonchev–Trinajstić information content (AvgIpc) is 2.64. The molecule has 0 radical (unpaired) electrons. The summed E-state index contributed by atoms with van der Waals surface area (Å²) in [6, 6.07) is 9.29. The van der Waals surface area contributed by atoms with Crippen LogP contribution >= 0.6 is 0 Å². The largest absolute Gasteiger partial charge is 0.361 e. The van der Waals surface area contributed by atoms with Crippen LogP contribution < -0.4 is 5.32 Å². The molecular formula is C13H18N2. The molecule has 2 N–H and O–H groups in total. The molecule has 2 aromatic rings. The van der Waals surface area contributed by atoms with Crippen LogP contribution in [0.3, 0.4) is 0 Å². The molecule has 15 heavy (non-hydrogen) atoms. The Bertz CT molecular complexity index is 429. The molecule has 0 aliphatic carbocycles. The summed E-state index contributed by atoms with van der Waals surface area (Å²) in [7, 11) is 0. The number of hydrogen-bond acceptors (Lipinski definition) is 1. The van der Waals surface area contributed by atoms with Crippen molar-refractivity contribution in [3.05, 3.63) is 36.0 Å². The molecule has 0 spiro atoms. The maximum absolute atomic E-state index is 3.43. The van der Waals surface area contributed by atoms with E-state index in [4.69, 9.17) is 0 Å². The molecule has 80 valence electrons. The lowest BCUT2D eigenvalue weighted by Gasteiger charge is -2.07. The van der Waals surface area contributed by atoms with Gasteiger partial charge in [0.2, 0.25) is 0 Å². The Labute approximate surface area is 90.7 Å². The number of H-pyrrole nitrogens is 1. The number of rotatable bonds is 4. The molecule has 1 aromatic carbocycles. The quantitative estimate of drug-likeness (QED) is 0.784. The van der Waals surface area contributed by atoms with Gasteiger partial charge in [-0.2, -0.15) is 0 Å². The first-order chi connectivity index (χ1) is 7.25. The molecule has 0 aliphatic rings. The summed E-state index contributed by atoms with van der Waals surface area (Å²) in [6.45, 7) is 5.40. The Morgan fingerprint density at radius 3 is 2.93 bits per heavy atom. The number of aromatic nitrogens is 1. The third kappa shape index (κ3) is 2.60. The summed E-state index contributed by atoms with van der Waals surface area (Å²) in [6.07, 6.45) is 3.08. The minimum Gasteiger partial charge on any atom is -0.361 e. The van der Waals surface area contributed by atoms with Gasteiger partial charge in [0.25, 0.3) is 0 Å². The lowest BCUT2D eigenvalue weighted by atomic mass is 10.1. The maximum atomic E-state index is 3.43. The minimum atomic E-state index is 0.569. The molecule has 2 nitrogen and oxygen atoms in total. The molecule has 2 heteroatoms. The van der Waals surface area contributed by atoms with Gasteiger partial charge in [0.1, 0.15) is 0 Å². The van der Waals surface area contributed by atoms with Gasteiger partial charge in [0.05, 0.1) is 0 Å². The van der Waals surface area contributed by atoms with E-state index in [0.29, 0.717) is 6.04 Å². The molecule has 0 unspecified atom stereocenters. The van der Waals surface area contributed by atoms with Gasteiger partial charge in [0, 0.05) is 17.8 Å². The lowest BCUT2D eigenvalue weighted by Crippen LogP contribution is -2.24. The fourth-order valence-corrected chi connectivity index (χ4v) is 1.76. The monoisotopic (exact) mass is 202 g/mol. The van der Waals surface area contributed by atoms with Crippen LogP contribution in [0.15, 0.2) is 30.5 Å². The van der Waals surface area contributed by atoms with Crippen LogP contribution in [0, 0.1) is 0 Å². The Morgan fingerprint density at radius 1 is 1.27 bits per heavy atom. The van der Waals surface area contributed by atoms with Crippen molar-refractivity contribution in [2.45, 2.75) is 26.3 Å². The summed E-state index contributed by atoms with van der Waals surface area (Å²) in [5, 5.41) is 4.71. The molecule has 0 amide bonds. The molecule has 1 aromatic heterocycles. The first kappa shape index (κ1) is 10.2. The Hall–Kier alpha value is -1.28. The van der Waals surface area contributed by atoms with Crippen LogP contribution in [-0.2, 0) is 6.42 Å². The Kier molecular flexibility index (Phi) is 3.07. The zero-order chi connectivity index (χ0) is 10.7. The van der Waals surface area contributed by atoms with E-state index in [2.05, 4.69) is 48.4 Å². The van der Waals surface area contributed by atoms with E-state index in [1.54, 1.807) is 0 Å². The summed E-state index contributed by atoms with van der Waals surface area (Å²) in [5.74, 6) is 0. The van der Waals surface area contributed by atoms with E-state index in [0.717, 1.165) is 13.0 Å². The number of hydrogen-bond donors (Lipinski definition) is 2. The van der Waals surface area contributed by atoms with Crippen molar-refractivity contribution >= 4 is 10.9 Å². The molecule has 0 aliphatic heterocycles. The van der Waals surface area contributed by atoms with Crippen LogP contribution in [-0.4, -0.2) is 17.6 Å². The predicted molar refractivity (Wildman–Crippen MR) is 65.1 cm³/mol. The van der Waals surface area contributed by atoms with Crippen LogP contribution in [0.1, 0.15) is 19.4 Å². The van der Waals surface area contributed by atoms with Gasteiger partial charge in [-0.05, 0) is 36.0 Å². The predicted octanol–water partition coefficient (Wildman–Crippen LogP) is 2.71. The molecule has 0 atom stereocenters. The first-order valence-corrected chi connectivity index (χ1v) is 5.55. The average molecular weight is 202 g/mol. The van der Waals surface area contributed by atoms with Crippen LogP contribution in [0.5, 0.6) is 0 Å². The van der Waals surface area contributed by atoms with Crippen molar-refractivity contribution in [2.24, 2.45) is 0 Å². The highest BCUT2D eigenvalue weighted by molar-refractivity contribution is 5.79. The van der Waals surface area contributed by atoms with Gasteiger partial charge in [-0.25, -0.2) is 0 Å². The van der Waals surface area contributed by atoms with Gasteiger partial charge < -0.3 is 10.3 Å². The molecule has 1 heterocycles. The molecule has 2 rings (SSSR count). The zero-order valence-corrected chi connectivity index (χ0v) is 9.38. The third-order valence-electron chi connectivity index (χ3n) is 2.59. The number of nitrogens with one attached hydrogen (secondary N) is 2. The summed E-state index contributed by atoms with van der Waals surface area (Å²) < 4.78 is 0. The van der Waals surface area contributed by atoms with E-state index in [-0.39, 0.29) is 0 Å². The second-order valence-corrected chi connectivity index (χ2v) is 4.26. The SMILES string of the molecule is CC(C)NCCc1ccc2cc[nH]c2c1. The van der Waals surface area contributed by atoms with Gasteiger partial charge >= 0.3 is 0 Å². The number of fused-ring (bicyclic) bond motifs is 1. The molecular weight excluding hydrogens is 184 g/mol. The van der Waals surface area contributed by atoms with Crippen LogP contribution in [0.2, 0.25) is 0 Å². The lowest BCUT2D eigenvalue weighted by molar-refractivity contribution is 0.590. The molecule has 0 bridgehead atoms. The van der Waals surface area contributed by atoms with Gasteiger partial charge in [-0.3, -0.25) is 0 Å². The normalized spacial score (nSPS) is 11.4. The van der Waals surface area contributed by atoms with E-state index in [1.807, 2.05) is 6.20 Å². The fourth-order valence-electron chi connectivity index (χ4n) is 1.76. The summed E-state index contributed by atoms with van der Waals surface area (Å²) >= 11 is 0. The van der Waals surface area contributed by atoms with Crippen molar-refractivity contribution in [3.8, 4) is 0 Å². The Morgan fingerprint density at radius 2 is 2.13 bits per heavy atom. The van der Waals surface area contributed by atoms with Crippen LogP contribution in [0.25, 0.3) is 10.9 Å². The van der Waals surface area contributed by atoms with Crippen molar-refractivity contribution < 1.29 is 0 Å². The van der Waals surface area contributed by atoms with Crippen molar-refractivity contribution in [1.29, 1.82) is 0 Å². The van der Waals surface area contributed by atoms with Gasteiger partial charge in [0.15, 0.2) is 0 Å². The zero-order valence-electron chi connectivity index (χ0n) is 9.38. The van der Waals surface area contributed by atoms with Crippen molar-refractivity contribution in [2.75, 3.05) is 6.54 Å². The van der Waals surface area contributed by atoms with Crippen molar-refractivity contribution in [3.63, 3.8) is 0 Å². The summed E-state index contributed by atoms with van der Waals surface area (Å²) in [5.41, 5.74) is 2.62. The van der Waals surface area contributed by atoms with Gasteiger partial charge in [-0.15, -0.1) is 0 Å². The minimum absolute atomic E-state index is 0.569. The van der Waals surface area contributed by atoms with Crippen LogP contribution in [0.4, 0.5) is 0 Å². The molecule has 0 saturated carbocycles. The molecule has 0 saturated heterocycles. The number of aromatic amines is 1. The first-order valence-electron chi connectivity index (χ1n) is 5.55. The second kappa shape index (κ2) is 4.49.